The molecule has 0 radical (unpaired) electrons. The average Bonchev–Trinajstić information content (AvgIpc) is 2.77. The van der Waals surface area contributed by atoms with Gasteiger partial charge in [0, 0.05) is 18.1 Å². The van der Waals surface area contributed by atoms with E-state index in [-0.39, 0.29) is 5.25 Å². The van der Waals surface area contributed by atoms with Crippen LogP contribution in [0.3, 0.4) is 0 Å². The van der Waals surface area contributed by atoms with Crippen molar-refractivity contribution in [3.8, 4) is 0 Å². The number of nitrogens with zero attached hydrogens (tertiary/aromatic N) is 1. The maximum absolute atomic E-state index is 11.7. The molecule has 1 unspecified atom stereocenters. The van der Waals surface area contributed by atoms with Gasteiger partial charge in [-0.05, 0) is 13.0 Å². The number of hydrogen-bond acceptors (Lipinski definition) is 4. The molecule has 0 amide bonds. The largest absolute Gasteiger partial charge is 0.315 e. The van der Waals surface area contributed by atoms with Crippen LogP contribution >= 0.6 is 11.3 Å². The van der Waals surface area contributed by atoms with Crippen LogP contribution in [0.5, 0.6) is 0 Å². The first kappa shape index (κ1) is 8.34. The molecule has 0 bridgehead atoms. The van der Waals surface area contributed by atoms with Gasteiger partial charge in [-0.3, -0.25) is 4.21 Å². The van der Waals surface area contributed by atoms with Gasteiger partial charge in [0.1, 0.15) is 0 Å². The standard InChI is InChI=1S/C7H10N2OS2/c10-12(6-1-2-8-5-6)7-9-3-4-11-7/h3-4,6,8H,1-2,5H2/t6-,12?/m0/s1. The third-order valence-corrected chi connectivity index (χ3v) is 4.70. The Morgan fingerprint density at radius 3 is 3.25 bits per heavy atom. The lowest BCUT2D eigenvalue weighted by molar-refractivity contribution is 0.671. The molecule has 0 spiro atoms. The predicted molar refractivity (Wildman–Crippen MR) is 49.8 cm³/mol. The fourth-order valence-corrected chi connectivity index (χ4v) is 3.63. The number of thiazole rings is 1. The molecular formula is C7H10N2OS2. The summed E-state index contributed by atoms with van der Waals surface area (Å²) in [7, 11) is -0.883. The van der Waals surface area contributed by atoms with E-state index >= 15 is 0 Å². The molecular weight excluding hydrogens is 192 g/mol. The monoisotopic (exact) mass is 202 g/mol. The zero-order valence-electron chi connectivity index (χ0n) is 6.53. The van der Waals surface area contributed by atoms with Gasteiger partial charge in [-0.1, -0.05) is 0 Å². The molecule has 1 N–H and O–H groups in total. The third kappa shape index (κ3) is 1.57. The highest BCUT2D eigenvalue weighted by Crippen LogP contribution is 2.17. The van der Waals surface area contributed by atoms with E-state index in [2.05, 4.69) is 10.3 Å². The summed E-state index contributed by atoms with van der Waals surface area (Å²) in [6.07, 6.45) is 2.71. The molecule has 1 aliphatic heterocycles. The molecule has 0 saturated carbocycles. The summed E-state index contributed by atoms with van der Waals surface area (Å²) < 4.78 is 12.5. The fourth-order valence-electron chi connectivity index (χ4n) is 1.26. The van der Waals surface area contributed by atoms with Gasteiger partial charge in [-0.25, -0.2) is 4.98 Å². The Hall–Kier alpha value is -0.260. The van der Waals surface area contributed by atoms with Gasteiger partial charge in [0.25, 0.3) is 0 Å². The molecule has 2 rings (SSSR count). The van der Waals surface area contributed by atoms with Crippen molar-refractivity contribution >= 4 is 22.1 Å². The SMILES string of the molecule is O=S(c1nccs1)[C@H]1CCNC1. The Labute approximate surface area is 77.7 Å². The van der Waals surface area contributed by atoms with Gasteiger partial charge in [-0.15, -0.1) is 11.3 Å². The van der Waals surface area contributed by atoms with Gasteiger partial charge in [-0.2, -0.15) is 0 Å². The van der Waals surface area contributed by atoms with Crippen LogP contribution < -0.4 is 5.32 Å². The average molecular weight is 202 g/mol. The van der Waals surface area contributed by atoms with Crippen LogP contribution in [0.4, 0.5) is 0 Å². The molecule has 0 aliphatic carbocycles. The molecule has 12 heavy (non-hydrogen) atoms. The molecule has 0 aromatic carbocycles. The first-order valence-electron chi connectivity index (χ1n) is 3.89. The van der Waals surface area contributed by atoms with Crippen LogP contribution in [0.15, 0.2) is 15.9 Å². The highest BCUT2D eigenvalue weighted by atomic mass is 32.2. The minimum Gasteiger partial charge on any atom is -0.315 e. The Bertz CT molecular complexity index is 267. The molecule has 2 heterocycles. The summed E-state index contributed by atoms with van der Waals surface area (Å²) in [6.45, 7) is 1.86. The van der Waals surface area contributed by atoms with Gasteiger partial charge in [0.15, 0.2) is 4.34 Å². The van der Waals surface area contributed by atoms with Crippen molar-refractivity contribution < 1.29 is 4.21 Å². The van der Waals surface area contributed by atoms with E-state index < -0.39 is 10.8 Å². The van der Waals surface area contributed by atoms with Crippen LogP contribution in [0.2, 0.25) is 0 Å². The van der Waals surface area contributed by atoms with E-state index in [9.17, 15) is 4.21 Å². The van der Waals surface area contributed by atoms with Crippen molar-refractivity contribution in [3.05, 3.63) is 11.6 Å². The molecule has 1 aliphatic rings. The maximum atomic E-state index is 11.7. The first-order chi connectivity index (χ1) is 5.88. The van der Waals surface area contributed by atoms with Crippen molar-refractivity contribution in [1.29, 1.82) is 0 Å². The summed E-state index contributed by atoms with van der Waals surface area (Å²) in [5, 5.41) is 5.34. The minimum absolute atomic E-state index is 0.274. The van der Waals surface area contributed by atoms with Crippen molar-refractivity contribution in [1.82, 2.24) is 10.3 Å². The minimum atomic E-state index is -0.883. The Morgan fingerprint density at radius 2 is 2.67 bits per heavy atom. The lowest BCUT2D eigenvalue weighted by Gasteiger charge is -2.03. The van der Waals surface area contributed by atoms with Crippen LogP contribution in [-0.2, 0) is 10.8 Å². The molecule has 3 nitrogen and oxygen atoms in total. The molecule has 66 valence electrons. The highest BCUT2D eigenvalue weighted by molar-refractivity contribution is 7.87. The van der Waals surface area contributed by atoms with Crippen LogP contribution in [0.1, 0.15) is 6.42 Å². The van der Waals surface area contributed by atoms with Gasteiger partial charge >= 0.3 is 0 Å². The predicted octanol–water partition coefficient (Wildman–Crippen LogP) is 0.613. The second-order valence-corrected chi connectivity index (χ2v) is 5.51. The summed E-state index contributed by atoms with van der Waals surface area (Å²) in [6, 6.07) is 0. The van der Waals surface area contributed by atoms with Gasteiger partial charge < -0.3 is 5.32 Å². The Kier molecular flexibility index (Phi) is 2.53. The zero-order valence-corrected chi connectivity index (χ0v) is 8.16. The van der Waals surface area contributed by atoms with Crippen molar-refractivity contribution in [2.24, 2.45) is 0 Å². The second kappa shape index (κ2) is 3.64. The summed E-state index contributed by atoms with van der Waals surface area (Å²) in [5.41, 5.74) is 0. The second-order valence-electron chi connectivity index (χ2n) is 2.71. The van der Waals surface area contributed by atoms with E-state index in [1.54, 1.807) is 6.20 Å². The normalized spacial score (nSPS) is 25.8. The van der Waals surface area contributed by atoms with Crippen molar-refractivity contribution in [2.45, 2.75) is 16.0 Å². The van der Waals surface area contributed by atoms with Crippen LogP contribution in [-0.4, -0.2) is 27.5 Å². The van der Waals surface area contributed by atoms with Crippen molar-refractivity contribution in [3.63, 3.8) is 0 Å². The van der Waals surface area contributed by atoms with E-state index in [1.807, 2.05) is 5.38 Å². The molecule has 1 fully saturated rings. The van der Waals surface area contributed by atoms with Gasteiger partial charge in [0.05, 0.1) is 16.0 Å². The lowest BCUT2D eigenvalue weighted by atomic mass is 10.4. The van der Waals surface area contributed by atoms with Crippen LogP contribution in [0, 0.1) is 0 Å². The summed E-state index contributed by atoms with van der Waals surface area (Å²) in [5.74, 6) is 0. The Balaban J connectivity index is 2.09. The zero-order chi connectivity index (χ0) is 8.39. The highest BCUT2D eigenvalue weighted by Gasteiger charge is 2.23. The molecule has 1 aromatic rings. The summed E-state index contributed by atoms with van der Waals surface area (Å²) >= 11 is 1.48. The quantitative estimate of drug-likeness (QED) is 0.764. The van der Waals surface area contributed by atoms with E-state index in [4.69, 9.17) is 0 Å². The van der Waals surface area contributed by atoms with E-state index in [0.717, 1.165) is 23.8 Å². The summed E-state index contributed by atoms with van der Waals surface area (Å²) in [4.78, 5) is 4.05. The third-order valence-electron chi connectivity index (χ3n) is 1.90. The van der Waals surface area contributed by atoms with Gasteiger partial charge in [0.2, 0.25) is 0 Å². The Morgan fingerprint density at radius 1 is 1.75 bits per heavy atom. The number of aromatic nitrogens is 1. The maximum Gasteiger partial charge on any atom is 0.180 e. The van der Waals surface area contributed by atoms with E-state index in [0.29, 0.717) is 0 Å². The molecule has 1 saturated heterocycles. The fraction of sp³-hybridized carbons (Fsp3) is 0.571. The first-order valence-corrected chi connectivity index (χ1v) is 5.98. The number of hydrogen-bond donors (Lipinski definition) is 1. The topological polar surface area (TPSA) is 42.0 Å². The molecule has 5 heteroatoms. The smallest absolute Gasteiger partial charge is 0.180 e. The number of nitrogens with one attached hydrogen (secondary N) is 1. The number of rotatable bonds is 2. The molecule has 1 aromatic heterocycles. The lowest BCUT2D eigenvalue weighted by Crippen LogP contribution is -2.18. The van der Waals surface area contributed by atoms with E-state index in [1.165, 1.54) is 11.3 Å². The molecule has 2 atom stereocenters. The van der Waals surface area contributed by atoms with Crippen LogP contribution in [0.25, 0.3) is 0 Å². The van der Waals surface area contributed by atoms with Crippen molar-refractivity contribution in [2.75, 3.05) is 13.1 Å².